The summed E-state index contributed by atoms with van der Waals surface area (Å²) in [5.41, 5.74) is -0.256. The minimum absolute atomic E-state index is 0.0566. The fourth-order valence-corrected chi connectivity index (χ4v) is 5.63. The number of hydrogen-bond acceptors (Lipinski definition) is 5. The molecule has 3 unspecified atom stereocenters. The average Bonchev–Trinajstić information content (AvgIpc) is 2.68. The van der Waals surface area contributed by atoms with Crippen LogP contribution in [0, 0.1) is 16.7 Å². The number of aliphatic hydroxyl groups is 1. The van der Waals surface area contributed by atoms with E-state index in [-0.39, 0.29) is 12.6 Å². The SMILES string of the molecule is CCCC1NC(SCCCO)=C(C#N)C(c2ccc(Cl)cc2Cl)C1(CC)C(=O)O. The Balaban J connectivity index is 2.76. The quantitative estimate of drug-likeness (QED) is 0.443. The van der Waals surface area contributed by atoms with E-state index in [2.05, 4.69) is 11.4 Å². The largest absolute Gasteiger partial charge is 0.481 e. The Morgan fingerprint density at radius 2 is 2.10 bits per heavy atom. The van der Waals surface area contributed by atoms with Gasteiger partial charge in [-0.25, -0.2) is 0 Å². The summed E-state index contributed by atoms with van der Waals surface area (Å²) < 4.78 is 0. The average molecular weight is 457 g/mol. The highest BCUT2D eigenvalue weighted by Gasteiger charge is 2.56. The van der Waals surface area contributed by atoms with Crippen LogP contribution >= 0.6 is 35.0 Å². The lowest BCUT2D eigenvalue weighted by atomic mass is 9.60. The van der Waals surface area contributed by atoms with Crippen molar-refractivity contribution >= 4 is 40.9 Å². The van der Waals surface area contributed by atoms with Gasteiger partial charge in [0.2, 0.25) is 0 Å². The van der Waals surface area contributed by atoms with Crippen LogP contribution < -0.4 is 5.32 Å². The Morgan fingerprint density at radius 1 is 1.38 bits per heavy atom. The van der Waals surface area contributed by atoms with E-state index in [0.717, 1.165) is 6.42 Å². The number of aliphatic carboxylic acids is 1. The molecule has 0 fully saturated rings. The fourth-order valence-electron chi connectivity index (χ4n) is 4.09. The van der Waals surface area contributed by atoms with Gasteiger partial charge in [0.05, 0.1) is 22.1 Å². The van der Waals surface area contributed by atoms with Crippen molar-refractivity contribution in [3.63, 3.8) is 0 Å². The number of thioether (sulfide) groups is 1. The lowest BCUT2D eigenvalue weighted by Gasteiger charge is -2.47. The van der Waals surface area contributed by atoms with Gasteiger partial charge in [0, 0.05) is 34.4 Å². The number of nitriles is 1. The highest BCUT2D eigenvalue weighted by Crippen LogP contribution is 2.53. The van der Waals surface area contributed by atoms with E-state index in [0.29, 0.717) is 51.2 Å². The molecule has 0 saturated carbocycles. The second-order valence-electron chi connectivity index (χ2n) is 7.06. The number of rotatable bonds is 9. The molecular formula is C21H26Cl2N2O3S. The monoisotopic (exact) mass is 456 g/mol. The third kappa shape index (κ3) is 4.69. The van der Waals surface area contributed by atoms with Crippen molar-refractivity contribution in [2.45, 2.75) is 51.5 Å². The van der Waals surface area contributed by atoms with Crippen LogP contribution in [-0.4, -0.2) is 34.6 Å². The maximum Gasteiger partial charge on any atom is 0.312 e. The predicted octanol–water partition coefficient (Wildman–Crippen LogP) is 5.18. The molecule has 0 aliphatic carbocycles. The number of hydrogen-bond donors (Lipinski definition) is 3. The number of nitrogens with one attached hydrogen (secondary N) is 1. The van der Waals surface area contributed by atoms with Gasteiger partial charge in [-0.2, -0.15) is 5.26 Å². The van der Waals surface area contributed by atoms with Crippen LogP contribution in [0.2, 0.25) is 10.0 Å². The molecule has 8 heteroatoms. The van der Waals surface area contributed by atoms with Gasteiger partial charge in [-0.05, 0) is 37.0 Å². The van der Waals surface area contributed by atoms with Crippen LogP contribution in [0.25, 0.3) is 0 Å². The molecule has 5 nitrogen and oxygen atoms in total. The molecular weight excluding hydrogens is 431 g/mol. The summed E-state index contributed by atoms with van der Waals surface area (Å²) in [7, 11) is 0. The molecule has 2 rings (SSSR count). The molecule has 1 heterocycles. The number of allylic oxidation sites excluding steroid dienone is 1. The van der Waals surface area contributed by atoms with Crippen LogP contribution in [0.15, 0.2) is 28.8 Å². The smallest absolute Gasteiger partial charge is 0.312 e. The summed E-state index contributed by atoms with van der Waals surface area (Å²) in [5, 5.41) is 34.4. The van der Waals surface area contributed by atoms with Gasteiger partial charge in [-0.15, -0.1) is 11.8 Å². The van der Waals surface area contributed by atoms with E-state index in [1.54, 1.807) is 18.2 Å². The number of carbonyl (C=O) groups is 1. The molecule has 29 heavy (non-hydrogen) atoms. The van der Waals surface area contributed by atoms with Crippen LogP contribution in [-0.2, 0) is 4.79 Å². The van der Waals surface area contributed by atoms with Crippen LogP contribution in [0.5, 0.6) is 0 Å². The number of benzene rings is 1. The topological polar surface area (TPSA) is 93.4 Å². The maximum absolute atomic E-state index is 12.7. The van der Waals surface area contributed by atoms with Gasteiger partial charge in [0.15, 0.2) is 0 Å². The Morgan fingerprint density at radius 3 is 2.62 bits per heavy atom. The zero-order valence-electron chi connectivity index (χ0n) is 16.5. The molecule has 0 aromatic heterocycles. The molecule has 1 aromatic rings. The van der Waals surface area contributed by atoms with E-state index in [1.165, 1.54) is 11.8 Å². The Bertz CT molecular complexity index is 825. The summed E-state index contributed by atoms with van der Waals surface area (Å²) in [6.07, 6.45) is 2.36. The van der Waals surface area contributed by atoms with Crippen molar-refractivity contribution in [3.8, 4) is 6.07 Å². The third-order valence-corrected chi connectivity index (χ3v) is 7.16. The number of halogens is 2. The summed E-state index contributed by atoms with van der Waals surface area (Å²) >= 11 is 14.0. The van der Waals surface area contributed by atoms with Crippen LogP contribution in [0.3, 0.4) is 0 Å². The molecule has 1 aromatic carbocycles. The van der Waals surface area contributed by atoms with Crippen LogP contribution in [0.1, 0.15) is 51.0 Å². The van der Waals surface area contributed by atoms with Crippen molar-refractivity contribution < 1.29 is 15.0 Å². The van der Waals surface area contributed by atoms with Gasteiger partial charge in [0.1, 0.15) is 0 Å². The highest BCUT2D eigenvalue weighted by atomic mass is 35.5. The van der Waals surface area contributed by atoms with Crippen molar-refractivity contribution in [2.24, 2.45) is 5.41 Å². The summed E-state index contributed by atoms with van der Waals surface area (Å²) in [6.45, 7) is 3.91. The first-order valence-electron chi connectivity index (χ1n) is 9.70. The molecule has 0 spiro atoms. The second kappa shape index (κ2) is 10.6. The van der Waals surface area contributed by atoms with Gasteiger partial charge in [-0.1, -0.05) is 49.5 Å². The number of aliphatic hydroxyl groups excluding tert-OH is 1. The maximum atomic E-state index is 12.7. The van der Waals surface area contributed by atoms with E-state index in [9.17, 15) is 15.2 Å². The van der Waals surface area contributed by atoms with Gasteiger partial charge in [0.25, 0.3) is 0 Å². The first kappa shape index (κ1) is 23.9. The molecule has 3 atom stereocenters. The van der Waals surface area contributed by atoms with E-state index < -0.39 is 17.3 Å². The molecule has 0 radical (unpaired) electrons. The molecule has 1 aliphatic heterocycles. The minimum Gasteiger partial charge on any atom is -0.481 e. The second-order valence-corrected chi connectivity index (χ2v) is 9.01. The third-order valence-electron chi connectivity index (χ3n) is 5.48. The normalized spacial score (nSPS) is 24.1. The Kier molecular flexibility index (Phi) is 8.72. The van der Waals surface area contributed by atoms with E-state index >= 15 is 0 Å². The fraction of sp³-hybridized carbons (Fsp3) is 0.524. The van der Waals surface area contributed by atoms with Crippen LogP contribution in [0.4, 0.5) is 0 Å². The summed E-state index contributed by atoms with van der Waals surface area (Å²) in [5.74, 6) is -1.03. The van der Waals surface area contributed by atoms with E-state index in [1.807, 2.05) is 13.8 Å². The summed E-state index contributed by atoms with van der Waals surface area (Å²) in [4.78, 5) is 12.7. The van der Waals surface area contributed by atoms with Gasteiger partial charge < -0.3 is 15.5 Å². The van der Waals surface area contributed by atoms with Gasteiger partial charge >= 0.3 is 5.97 Å². The standard InChI is InChI=1S/C21H26Cl2N2O3S/c1-3-6-17-21(4-2,20(27)28)18(14-8-7-13(22)11-16(14)23)15(12-24)19(25-17)29-10-5-9-26/h7-8,11,17-18,25-26H,3-6,9-10H2,1-2H3,(H,27,28). The van der Waals surface area contributed by atoms with Crippen molar-refractivity contribution in [3.05, 3.63) is 44.4 Å². The molecule has 0 amide bonds. The lowest BCUT2D eigenvalue weighted by molar-refractivity contribution is -0.153. The molecule has 0 saturated heterocycles. The zero-order chi connectivity index (χ0) is 21.6. The molecule has 158 valence electrons. The molecule has 1 aliphatic rings. The number of nitrogens with zero attached hydrogens (tertiary/aromatic N) is 1. The Hall–Kier alpha value is -1.39. The number of carboxylic acid groups (broad SMARTS) is 1. The lowest BCUT2D eigenvalue weighted by Crippen LogP contribution is -2.56. The minimum atomic E-state index is -1.22. The van der Waals surface area contributed by atoms with Crippen molar-refractivity contribution in [1.82, 2.24) is 5.32 Å². The van der Waals surface area contributed by atoms with Crippen molar-refractivity contribution in [2.75, 3.05) is 12.4 Å². The predicted molar refractivity (Wildman–Crippen MR) is 118 cm³/mol. The molecule has 3 N–H and O–H groups in total. The van der Waals surface area contributed by atoms with Crippen molar-refractivity contribution in [1.29, 1.82) is 5.26 Å². The number of carboxylic acids is 1. The van der Waals surface area contributed by atoms with Gasteiger partial charge in [-0.3, -0.25) is 4.79 Å². The zero-order valence-corrected chi connectivity index (χ0v) is 18.9. The first-order chi connectivity index (χ1) is 13.9. The van der Waals surface area contributed by atoms with E-state index in [4.69, 9.17) is 28.3 Å². The first-order valence-corrected chi connectivity index (χ1v) is 11.4. The Labute approximate surface area is 186 Å². The highest BCUT2D eigenvalue weighted by molar-refractivity contribution is 8.03. The summed E-state index contributed by atoms with van der Waals surface area (Å²) in [6, 6.07) is 6.89. The molecule has 0 bridgehead atoms.